The molecule has 63 heavy (non-hydrogen) atoms. The number of amides is 1. The van der Waals surface area contributed by atoms with Gasteiger partial charge >= 0.3 is 12.4 Å². The number of pyridine rings is 1. The van der Waals surface area contributed by atoms with E-state index in [0.717, 1.165) is 55.3 Å². The van der Waals surface area contributed by atoms with Crippen molar-refractivity contribution in [3.63, 3.8) is 0 Å². The minimum atomic E-state index is -5.02. The number of hydrogen-bond acceptors (Lipinski definition) is 8. The number of nitrogens with zero attached hydrogens (tertiary/aromatic N) is 5. The van der Waals surface area contributed by atoms with Gasteiger partial charge in [0.2, 0.25) is 5.91 Å². The summed E-state index contributed by atoms with van der Waals surface area (Å²) < 4.78 is 174. The number of fused-ring (bicyclic) bond motifs is 1. The Bertz CT molecular complexity index is 2620. The average molecular weight is 940 g/mol. The molecule has 0 radical (unpaired) electrons. The molecule has 4 N–H and O–H groups in total. The number of hydrogen-bond donors (Lipinski definition) is 4. The molecule has 3 heterocycles. The number of carbonyl (C=O) groups is 1. The van der Waals surface area contributed by atoms with Gasteiger partial charge in [-0.25, -0.2) is 27.5 Å². The summed E-state index contributed by atoms with van der Waals surface area (Å²) in [4.78, 5) is 36.3. The molecule has 1 amide bonds. The summed E-state index contributed by atoms with van der Waals surface area (Å²) in [5.41, 5.74) is -8.41. The molecule has 3 aromatic heterocycles. The minimum absolute atomic E-state index is 0.292. The molecule has 11 nitrogen and oxygen atoms in total. The summed E-state index contributed by atoms with van der Waals surface area (Å²) in [7, 11) is 0. The highest BCUT2D eigenvalue weighted by atomic mass is 35.5. The zero-order valence-corrected chi connectivity index (χ0v) is 33.7. The molecule has 2 unspecified atom stereocenters. The van der Waals surface area contributed by atoms with Gasteiger partial charge in [0.1, 0.15) is 53.5 Å². The Kier molecular flexibility index (Phi) is 13.2. The summed E-state index contributed by atoms with van der Waals surface area (Å²) >= 11 is 7.22. The maximum atomic E-state index is 15.4. The molecule has 0 fully saturated rings. The van der Waals surface area contributed by atoms with Crippen LogP contribution in [0, 0.1) is 23.0 Å². The van der Waals surface area contributed by atoms with Crippen LogP contribution in [0.4, 0.5) is 58.4 Å². The van der Waals surface area contributed by atoms with E-state index in [0.29, 0.717) is 27.4 Å². The molecule has 0 aliphatic heterocycles. The SMILES string of the molecule is CSNC(=N)c1c(Cl)ccc(-n2c(C(Cc3cc(F)cc(F)c3)NC(=O)Cn3nc(C(F)F)c4c3C(F)(F)C(C)C4)nc(-c3cccc(C(F)(F)F)n3)cc2=O)c1NCC(F)(F)F. The molecule has 0 spiro atoms. The number of carbonyl (C=O) groups excluding carboxylic acids is 1. The highest BCUT2D eigenvalue weighted by Crippen LogP contribution is 2.48. The first-order valence-corrected chi connectivity index (χ1v) is 19.7. The van der Waals surface area contributed by atoms with E-state index < -0.39 is 148 Å². The van der Waals surface area contributed by atoms with Gasteiger partial charge in [0.15, 0.2) is 0 Å². The molecule has 5 aromatic rings. The first-order chi connectivity index (χ1) is 29.4. The van der Waals surface area contributed by atoms with E-state index in [1.165, 1.54) is 6.26 Å². The fourth-order valence-electron chi connectivity index (χ4n) is 6.96. The quantitative estimate of drug-likeness (QED) is 0.0397. The molecule has 6 rings (SSSR count). The van der Waals surface area contributed by atoms with Crippen molar-refractivity contribution in [1.29, 1.82) is 5.41 Å². The molecule has 1 aliphatic rings. The zero-order valence-electron chi connectivity index (χ0n) is 32.1. The number of anilines is 1. The van der Waals surface area contributed by atoms with Gasteiger partial charge < -0.3 is 15.4 Å². The van der Waals surface area contributed by atoms with E-state index in [-0.39, 0.29) is 10.6 Å². The predicted molar refractivity (Wildman–Crippen MR) is 206 cm³/mol. The maximum absolute atomic E-state index is 15.4. The third-order valence-corrected chi connectivity index (χ3v) is 10.3. The first-order valence-electron chi connectivity index (χ1n) is 18.1. The summed E-state index contributed by atoms with van der Waals surface area (Å²) in [6, 6.07) is 5.30. The Morgan fingerprint density at radius 2 is 1.70 bits per heavy atom. The van der Waals surface area contributed by atoms with Crippen molar-refractivity contribution in [2.75, 3.05) is 18.1 Å². The van der Waals surface area contributed by atoms with Crippen molar-refractivity contribution in [3.8, 4) is 17.1 Å². The topological polar surface area (TPSA) is 143 Å². The van der Waals surface area contributed by atoms with E-state index >= 15 is 8.78 Å². The molecule has 2 aromatic carbocycles. The number of amidine groups is 1. The van der Waals surface area contributed by atoms with Crippen LogP contribution >= 0.6 is 23.5 Å². The number of aromatic nitrogens is 5. The van der Waals surface area contributed by atoms with E-state index in [2.05, 4.69) is 30.4 Å². The third kappa shape index (κ3) is 10.1. The van der Waals surface area contributed by atoms with Crippen LogP contribution in [0.5, 0.6) is 0 Å². The summed E-state index contributed by atoms with van der Waals surface area (Å²) in [6.45, 7) is -1.93. The zero-order chi connectivity index (χ0) is 46.3. The van der Waals surface area contributed by atoms with Gasteiger partial charge in [0.25, 0.3) is 17.9 Å². The van der Waals surface area contributed by atoms with Gasteiger partial charge in [-0.2, -0.15) is 40.2 Å². The lowest BCUT2D eigenvalue weighted by Crippen LogP contribution is -2.38. The normalized spacial score (nSPS) is 15.3. The fourth-order valence-corrected chi connectivity index (χ4v) is 7.52. The van der Waals surface area contributed by atoms with Gasteiger partial charge in [-0.15, -0.1) is 0 Å². The van der Waals surface area contributed by atoms with Crippen molar-refractivity contribution in [3.05, 3.63) is 121 Å². The molecule has 336 valence electrons. The maximum Gasteiger partial charge on any atom is 0.433 e. The fraction of sp³-hybridized carbons (Fsp3) is 0.316. The largest absolute Gasteiger partial charge is 0.433 e. The lowest BCUT2D eigenvalue weighted by atomic mass is 10.0. The predicted octanol–water partition coefficient (Wildman–Crippen LogP) is 8.93. The van der Waals surface area contributed by atoms with Crippen LogP contribution in [-0.2, 0) is 36.3 Å². The molecule has 0 saturated carbocycles. The number of benzene rings is 2. The molecule has 0 bridgehead atoms. The second-order valence-corrected chi connectivity index (χ2v) is 15.1. The van der Waals surface area contributed by atoms with Crippen molar-refractivity contribution < 1.29 is 57.5 Å². The number of alkyl halides is 10. The van der Waals surface area contributed by atoms with Crippen LogP contribution in [0.2, 0.25) is 5.02 Å². The highest BCUT2D eigenvalue weighted by Gasteiger charge is 2.51. The highest BCUT2D eigenvalue weighted by molar-refractivity contribution is 7.97. The van der Waals surface area contributed by atoms with Crippen molar-refractivity contribution in [2.24, 2.45) is 5.92 Å². The molecule has 1 aliphatic carbocycles. The van der Waals surface area contributed by atoms with Crippen LogP contribution < -0.4 is 20.9 Å². The van der Waals surface area contributed by atoms with E-state index in [1.54, 1.807) is 0 Å². The lowest BCUT2D eigenvalue weighted by Gasteiger charge is -2.26. The minimum Gasteiger partial charge on any atom is -0.374 e. The number of halogens is 13. The molecule has 2 atom stereocenters. The first kappa shape index (κ1) is 46.7. The molecular weight excluding hydrogens is 910 g/mol. The summed E-state index contributed by atoms with van der Waals surface area (Å²) in [5, 5.41) is 16.2. The van der Waals surface area contributed by atoms with Gasteiger partial charge in [-0.1, -0.05) is 36.5 Å². The van der Waals surface area contributed by atoms with Gasteiger partial charge in [-0.05, 0) is 48.4 Å². The Labute approximate surface area is 356 Å². The molecular formula is C38H30ClF12N9O2S. The Balaban J connectivity index is 1.62. The van der Waals surface area contributed by atoms with E-state index in [1.807, 2.05) is 0 Å². The van der Waals surface area contributed by atoms with Gasteiger partial charge in [0.05, 0.1) is 39.4 Å². The van der Waals surface area contributed by atoms with E-state index in [9.17, 15) is 53.5 Å². The summed E-state index contributed by atoms with van der Waals surface area (Å²) in [6.07, 6.45) is -13.2. The van der Waals surface area contributed by atoms with Gasteiger partial charge in [0, 0.05) is 36.3 Å². The van der Waals surface area contributed by atoms with Crippen molar-refractivity contribution in [1.82, 2.24) is 34.4 Å². The van der Waals surface area contributed by atoms with Crippen LogP contribution in [0.15, 0.2) is 59.4 Å². The monoisotopic (exact) mass is 939 g/mol. The van der Waals surface area contributed by atoms with Crippen LogP contribution in [0.3, 0.4) is 0 Å². The Morgan fingerprint density at radius 3 is 2.32 bits per heavy atom. The standard InChI is InChI=1S/C38H30ClF12N9O2S/c1-16-8-20-30(33(42)43)57-59(32(20)37(16,47)48)14-27(61)55-24(11-17-9-18(40)12-19(41)10-17)35-56-23(22-4-3-5-26(54-22)38(49,50)51)13-28(62)60(35)25-7-6-21(39)29(34(52)58-63-2)31(25)53-15-36(44,45)46/h3-7,9-10,12-13,16,24,33,53H,8,11,14-15H2,1-2H3,(H2,52,58)(H,55,61). The van der Waals surface area contributed by atoms with Crippen LogP contribution in [-0.4, -0.2) is 55.0 Å². The number of rotatable bonds is 13. The average Bonchev–Trinajstić information content (AvgIpc) is 3.65. The third-order valence-electron chi connectivity index (χ3n) is 9.58. The van der Waals surface area contributed by atoms with E-state index in [4.69, 9.17) is 17.0 Å². The van der Waals surface area contributed by atoms with Crippen molar-refractivity contribution in [2.45, 2.75) is 57.1 Å². The van der Waals surface area contributed by atoms with Crippen LogP contribution in [0.25, 0.3) is 17.1 Å². The lowest BCUT2D eigenvalue weighted by molar-refractivity contribution is -0.141. The second-order valence-electron chi connectivity index (χ2n) is 14.0. The molecule has 25 heteroatoms. The van der Waals surface area contributed by atoms with Crippen molar-refractivity contribution >= 4 is 41.0 Å². The van der Waals surface area contributed by atoms with Crippen LogP contribution in [0.1, 0.15) is 59.0 Å². The van der Waals surface area contributed by atoms with Gasteiger partial charge in [-0.3, -0.25) is 24.2 Å². The number of nitrogens with one attached hydrogen (secondary N) is 4. The Hall–Kier alpha value is -5.78. The summed E-state index contributed by atoms with van der Waals surface area (Å²) in [5.74, 6) is -10.2. The molecule has 0 saturated heterocycles. The Morgan fingerprint density at radius 1 is 1.02 bits per heavy atom. The smallest absolute Gasteiger partial charge is 0.374 e. The second kappa shape index (κ2) is 17.8.